The van der Waals surface area contributed by atoms with Crippen LogP contribution < -0.4 is 4.74 Å². The highest BCUT2D eigenvalue weighted by Gasteiger charge is 2.38. The molecule has 5 rings (SSSR count). The van der Waals surface area contributed by atoms with Gasteiger partial charge in [0.05, 0.1) is 22.9 Å². The molecule has 3 heterocycles. The number of carbonyl (C=O) groups excluding carboxylic acids is 2. The van der Waals surface area contributed by atoms with Crippen LogP contribution in [0, 0.1) is 5.82 Å². The van der Waals surface area contributed by atoms with E-state index in [0.717, 1.165) is 0 Å². The second kappa shape index (κ2) is 7.22. The predicted octanol–water partition coefficient (Wildman–Crippen LogP) is 5.55. The highest BCUT2D eigenvalue weighted by molar-refractivity contribution is 6.12. The number of hydrogen-bond donors (Lipinski definition) is 0. The first-order valence-electron chi connectivity index (χ1n) is 10.4. The predicted molar refractivity (Wildman–Crippen MR) is 115 cm³/mol. The van der Waals surface area contributed by atoms with E-state index in [2.05, 4.69) is 0 Å². The zero-order valence-corrected chi connectivity index (χ0v) is 17.9. The van der Waals surface area contributed by atoms with Crippen molar-refractivity contribution in [3.05, 3.63) is 77.4 Å². The molecule has 3 aromatic rings. The fourth-order valence-electron chi connectivity index (χ4n) is 4.13. The van der Waals surface area contributed by atoms with Gasteiger partial charge in [0.15, 0.2) is 5.78 Å². The molecule has 2 unspecified atom stereocenters. The monoisotopic (exact) mass is 435 g/mol. The van der Waals surface area contributed by atoms with E-state index in [1.165, 1.54) is 23.0 Å². The van der Waals surface area contributed by atoms with Crippen LogP contribution in [0.2, 0.25) is 0 Å². The Morgan fingerprint density at radius 2 is 1.94 bits per heavy atom. The van der Waals surface area contributed by atoms with Crippen molar-refractivity contribution in [2.24, 2.45) is 0 Å². The molecule has 0 bridgehead atoms. The van der Waals surface area contributed by atoms with Gasteiger partial charge in [-0.25, -0.2) is 9.18 Å². The van der Waals surface area contributed by atoms with Crippen molar-refractivity contribution in [3.8, 4) is 5.75 Å². The maximum atomic E-state index is 14.1. The van der Waals surface area contributed by atoms with E-state index >= 15 is 0 Å². The molecule has 2 aliphatic heterocycles. The molecule has 0 N–H and O–H groups in total. The van der Waals surface area contributed by atoms with Gasteiger partial charge in [-0.1, -0.05) is 12.1 Å². The number of ketones is 1. The number of para-hydroxylation sites is 1. The van der Waals surface area contributed by atoms with Gasteiger partial charge in [-0.2, -0.15) is 0 Å². The first-order valence-corrected chi connectivity index (χ1v) is 10.4. The summed E-state index contributed by atoms with van der Waals surface area (Å²) in [6, 6.07) is 11.3. The zero-order valence-electron chi connectivity index (χ0n) is 17.9. The highest BCUT2D eigenvalue weighted by atomic mass is 19.1. The first kappa shape index (κ1) is 20.3. The molecule has 2 aromatic carbocycles. The van der Waals surface area contributed by atoms with Gasteiger partial charge in [0.1, 0.15) is 29.4 Å². The van der Waals surface area contributed by atoms with Crippen molar-refractivity contribution in [2.75, 3.05) is 0 Å². The number of ether oxygens (including phenoxy) is 3. The molecular weight excluding hydrogens is 413 g/mol. The van der Waals surface area contributed by atoms with Crippen LogP contribution in [0.1, 0.15) is 49.2 Å². The number of carbonyl (C=O) groups is 2. The SMILES string of the molecule is CC(C)(C)OC(=O)n1cc(C2CC3Oc4ccccc4C(=O)C3=CO2)c2cc(F)ccc21. The molecule has 0 fully saturated rings. The molecule has 2 aliphatic rings. The Kier molecular flexibility index (Phi) is 4.58. The third-order valence-corrected chi connectivity index (χ3v) is 5.53. The van der Waals surface area contributed by atoms with E-state index in [1.54, 1.807) is 51.2 Å². The van der Waals surface area contributed by atoms with Crippen molar-refractivity contribution in [3.63, 3.8) is 0 Å². The van der Waals surface area contributed by atoms with Crippen LogP contribution >= 0.6 is 0 Å². The summed E-state index contributed by atoms with van der Waals surface area (Å²) in [6.07, 6.45) is 1.79. The van der Waals surface area contributed by atoms with Gasteiger partial charge in [-0.3, -0.25) is 9.36 Å². The van der Waals surface area contributed by atoms with E-state index in [1.807, 2.05) is 6.07 Å². The fourth-order valence-corrected chi connectivity index (χ4v) is 4.13. The Labute approximate surface area is 184 Å². The Morgan fingerprint density at radius 1 is 1.16 bits per heavy atom. The van der Waals surface area contributed by atoms with Crippen molar-refractivity contribution < 1.29 is 28.2 Å². The molecule has 6 nitrogen and oxygen atoms in total. The molecule has 0 amide bonds. The van der Waals surface area contributed by atoms with E-state index in [0.29, 0.717) is 39.8 Å². The van der Waals surface area contributed by atoms with Gasteiger partial charge >= 0.3 is 6.09 Å². The number of fused-ring (bicyclic) bond motifs is 3. The summed E-state index contributed by atoms with van der Waals surface area (Å²) in [5, 5.41) is 0.542. The normalized spacial score (nSPS) is 20.0. The summed E-state index contributed by atoms with van der Waals surface area (Å²) in [7, 11) is 0. The van der Waals surface area contributed by atoms with E-state index in [4.69, 9.17) is 14.2 Å². The van der Waals surface area contributed by atoms with Crippen molar-refractivity contribution in [2.45, 2.75) is 45.0 Å². The summed E-state index contributed by atoms with van der Waals surface area (Å²) in [6.45, 7) is 5.34. The van der Waals surface area contributed by atoms with Crippen LogP contribution in [-0.2, 0) is 9.47 Å². The largest absolute Gasteiger partial charge is 0.493 e. The number of rotatable bonds is 1. The fraction of sp³-hybridized carbons (Fsp3) is 0.280. The van der Waals surface area contributed by atoms with Gasteiger partial charge in [0, 0.05) is 23.6 Å². The molecule has 0 saturated heterocycles. The van der Waals surface area contributed by atoms with Gasteiger partial charge in [-0.15, -0.1) is 0 Å². The van der Waals surface area contributed by atoms with Gasteiger partial charge < -0.3 is 14.2 Å². The number of halogens is 1. The standard InChI is InChI=1S/C25H22FNO5/c1-25(2,3)32-24(29)27-12-17(16-10-14(26)8-9-19(16)27)21-11-22-18(13-30-21)23(28)15-6-4-5-7-20(15)31-22/h4-10,12-13,21-22H,11H2,1-3H3. The molecule has 1 aromatic heterocycles. The van der Waals surface area contributed by atoms with E-state index in [9.17, 15) is 14.0 Å². The molecule has 0 saturated carbocycles. The summed E-state index contributed by atoms with van der Waals surface area (Å²) in [4.78, 5) is 25.6. The molecule has 2 atom stereocenters. The maximum Gasteiger partial charge on any atom is 0.419 e. The minimum atomic E-state index is -0.684. The van der Waals surface area contributed by atoms with Crippen LogP contribution in [0.25, 0.3) is 10.9 Å². The van der Waals surface area contributed by atoms with Gasteiger partial charge in [-0.05, 0) is 51.1 Å². The van der Waals surface area contributed by atoms with Crippen LogP contribution in [0.15, 0.2) is 60.5 Å². The third-order valence-electron chi connectivity index (χ3n) is 5.53. The Bertz CT molecular complexity index is 1280. The van der Waals surface area contributed by atoms with Gasteiger partial charge in [0.25, 0.3) is 0 Å². The minimum absolute atomic E-state index is 0.127. The van der Waals surface area contributed by atoms with Gasteiger partial charge in [0.2, 0.25) is 0 Å². The molecule has 32 heavy (non-hydrogen) atoms. The number of nitrogens with zero attached hydrogens (tertiary/aromatic N) is 1. The third kappa shape index (κ3) is 3.43. The van der Waals surface area contributed by atoms with Crippen molar-refractivity contribution >= 4 is 22.8 Å². The molecule has 7 heteroatoms. The number of Topliss-reactive ketones (excluding diaryl/α,β-unsaturated/α-hetero) is 1. The lowest BCUT2D eigenvalue weighted by Crippen LogP contribution is -2.34. The second-order valence-electron chi connectivity index (χ2n) is 8.96. The lowest BCUT2D eigenvalue weighted by Gasteiger charge is -2.33. The van der Waals surface area contributed by atoms with Crippen molar-refractivity contribution in [1.82, 2.24) is 4.57 Å². The van der Waals surface area contributed by atoms with Crippen molar-refractivity contribution in [1.29, 1.82) is 0 Å². The Balaban J connectivity index is 1.53. The zero-order chi connectivity index (χ0) is 22.6. The average Bonchev–Trinajstić information content (AvgIpc) is 3.11. The van der Waals surface area contributed by atoms with Crippen LogP contribution in [0.4, 0.5) is 9.18 Å². The molecule has 0 aliphatic carbocycles. The summed E-state index contributed by atoms with van der Waals surface area (Å²) in [5.41, 5.74) is 1.40. The lowest BCUT2D eigenvalue weighted by atomic mass is 9.89. The Morgan fingerprint density at radius 3 is 2.72 bits per heavy atom. The van der Waals surface area contributed by atoms with E-state index in [-0.39, 0.29) is 5.78 Å². The molecular formula is C25H22FNO5. The topological polar surface area (TPSA) is 66.8 Å². The molecule has 164 valence electrons. The molecule has 0 spiro atoms. The first-order chi connectivity index (χ1) is 15.2. The summed E-state index contributed by atoms with van der Waals surface area (Å²) in [5.74, 6) is -0.0224. The quantitative estimate of drug-likeness (QED) is 0.501. The average molecular weight is 435 g/mol. The van der Waals surface area contributed by atoms with Crippen LogP contribution in [-0.4, -0.2) is 28.1 Å². The number of benzene rings is 2. The highest BCUT2D eigenvalue weighted by Crippen LogP contribution is 2.41. The number of hydrogen-bond acceptors (Lipinski definition) is 5. The second-order valence-corrected chi connectivity index (χ2v) is 8.96. The minimum Gasteiger partial charge on any atom is -0.493 e. The number of aromatic nitrogens is 1. The van der Waals surface area contributed by atoms with E-state index < -0.39 is 29.7 Å². The molecule has 0 radical (unpaired) electrons. The summed E-state index contributed by atoms with van der Waals surface area (Å²) >= 11 is 0. The smallest absolute Gasteiger partial charge is 0.419 e. The van der Waals surface area contributed by atoms with Crippen LogP contribution in [0.5, 0.6) is 5.75 Å². The maximum absolute atomic E-state index is 14.1. The lowest BCUT2D eigenvalue weighted by molar-refractivity contribution is 0.0531. The Hall–Kier alpha value is -3.61. The summed E-state index contributed by atoms with van der Waals surface area (Å²) < 4.78 is 33.0. The van der Waals surface area contributed by atoms with Crippen LogP contribution in [0.3, 0.4) is 0 Å².